The zero-order valence-electron chi connectivity index (χ0n) is 18.7. The third kappa shape index (κ3) is 7.40. The summed E-state index contributed by atoms with van der Waals surface area (Å²) in [6.45, 7) is 3.96. The molecule has 9 heteroatoms. The smallest absolute Gasteiger partial charge is 0.241 e. The molecule has 1 aliphatic rings. The van der Waals surface area contributed by atoms with Crippen molar-refractivity contribution in [2.75, 3.05) is 40.3 Å². The van der Waals surface area contributed by atoms with Gasteiger partial charge in [0.15, 0.2) is 5.96 Å². The van der Waals surface area contributed by atoms with Crippen LogP contribution < -0.4 is 5.32 Å². The Morgan fingerprint density at radius 3 is 2.69 bits per heavy atom. The highest BCUT2D eigenvalue weighted by atomic mass is 127. The predicted molar refractivity (Wildman–Crippen MR) is 134 cm³/mol. The molecule has 0 bridgehead atoms. The van der Waals surface area contributed by atoms with Gasteiger partial charge < -0.3 is 19.9 Å². The van der Waals surface area contributed by atoms with Gasteiger partial charge in [-0.05, 0) is 36.8 Å². The van der Waals surface area contributed by atoms with E-state index in [9.17, 15) is 9.18 Å². The Kier molecular flexibility index (Phi) is 10.3. The van der Waals surface area contributed by atoms with Crippen LogP contribution in [0.2, 0.25) is 0 Å². The van der Waals surface area contributed by atoms with Gasteiger partial charge >= 0.3 is 0 Å². The molecule has 1 aromatic heterocycles. The molecule has 0 spiro atoms. The monoisotopic (exact) mass is 555 g/mol. The molecule has 1 fully saturated rings. The van der Waals surface area contributed by atoms with E-state index in [1.165, 1.54) is 12.1 Å². The number of nitrogens with zero attached hydrogens (tertiary/aromatic N) is 4. The summed E-state index contributed by atoms with van der Waals surface area (Å²) in [4.78, 5) is 25.0. The highest BCUT2D eigenvalue weighted by Crippen LogP contribution is 2.25. The largest absolute Gasteiger partial charge is 0.367 e. The molecule has 2 unspecified atom stereocenters. The highest BCUT2D eigenvalue weighted by Gasteiger charge is 2.28. The van der Waals surface area contributed by atoms with E-state index in [0.717, 1.165) is 11.3 Å². The lowest BCUT2D eigenvalue weighted by molar-refractivity contribution is -0.128. The molecule has 32 heavy (non-hydrogen) atoms. The molecule has 3 rings (SSSR count). The van der Waals surface area contributed by atoms with E-state index < -0.39 is 0 Å². The first-order valence-corrected chi connectivity index (χ1v) is 10.5. The van der Waals surface area contributed by atoms with Crippen LogP contribution in [0.1, 0.15) is 24.3 Å². The number of morpholine rings is 1. The first-order chi connectivity index (χ1) is 15.0. The summed E-state index contributed by atoms with van der Waals surface area (Å²) >= 11 is 0. The van der Waals surface area contributed by atoms with Crippen molar-refractivity contribution in [1.82, 2.24) is 20.1 Å². The van der Waals surface area contributed by atoms with E-state index >= 15 is 0 Å². The Morgan fingerprint density at radius 1 is 1.28 bits per heavy atom. The average molecular weight is 555 g/mol. The van der Waals surface area contributed by atoms with Crippen molar-refractivity contribution in [3.05, 3.63) is 65.7 Å². The fourth-order valence-corrected chi connectivity index (χ4v) is 3.56. The Hall–Kier alpha value is -2.27. The van der Waals surface area contributed by atoms with Crippen molar-refractivity contribution < 1.29 is 13.9 Å². The summed E-state index contributed by atoms with van der Waals surface area (Å²) in [7, 11) is 3.49. The van der Waals surface area contributed by atoms with Gasteiger partial charge in [0.2, 0.25) is 5.91 Å². The van der Waals surface area contributed by atoms with Crippen molar-refractivity contribution >= 4 is 35.8 Å². The van der Waals surface area contributed by atoms with Gasteiger partial charge in [-0.3, -0.25) is 14.8 Å². The van der Waals surface area contributed by atoms with Gasteiger partial charge in [-0.15, -0.1) is 24.0 Å². The summed E-state index contributed by atoms with van der Waals surface area (Å²) in [5, 5.41) is 3.17. The average Bonchev–Trinajstić information content (AvgIpc) is 2.78. The molecule has 1 amide bonds. The number of halogens is 2. The van der Waals surface area contributed by atoms with Crippen molar-refractivity contribution in [3.8, 4) is 0 Å². The predicted octanol–water partition coefficient (Wildman–Crippen LogP) is 2.88. The molecule has 1 saturated heterocycles. The zero-order chi connectivity index (χ0) is 22.2. The number of aromatic nitrogens is 1. The van der Waals surface area contributed by atoms with Gasteiger partial charge in [0.1, 0.15) is 11.9 Å². The number of aliphatic imine (C=N–C) groups is 1. The van der Waals surface area contributed by atoms with Crippen LogP contribution in [-0.4, -0.2) is 73.0 Å². The SMILES string of the molecule is CN=C(NCC(=O)N(C)CCc1ccccn1)N1CC(C)OC(c2ccc(F)cc2)C1.I. The first-order valence-electron chi connectivity index (χ1n) is 10.5. The molecule has 1 aliphatic heterocycles. The van der Waals surface area contributed by atoms with E-state index in [-0.39, 0.29) is 54.5 Å². The first kappa shape index (κ1) is 26.0. The maximum atomic E-state index is 13.3. The summed E-state index contributed by atoms with van der Waals surface area (Å²) in [6, 6.07) is 12.1. The van der Waals surface area contributed by atoms with Crippen molar-refractivity contribution in [1.29, 1.82) is 0 Å². The number of hydrogen-bond acceptors (Lipinski definition) is 4. The second-order valence-electron chi connectivity index (χ2n) is 7.68. The second-order valence-corrected chi connectivity index (χ2v) is 7.68. The Balaban J connectivity index is 0.00000363. The molecule has 1 aromatic carbocycles. The molecule has 1 N–H and O–H groups in total. The van der Waals surface area contributed by atoms with Crippen LogP contribution in [0.15, 0.2) is 53.7 Å². The molecule has 0 radical (unpaired) electrons. The number of guanidine groups is 1. The molecule has 2 atom stereocenters. The molecular weight excluding hydrogens is 524 g/mol. The minimum absolute atomic E-state index is 0. The normalized spacial score (nSPS) is 18.6. The molecular formula is C23H31FIN5O2. The van der Waals surface area contributed by atoms with Gasteiger partial charge in [-0.2, -0.15) is 0 Å². The minimum atomic E-state index is -0.271. The van der Waals surface area contributed by atoms with Gasteiger partial charge in [-0.1, -0.05) is 18.2 Å². The third-order valence-electron chi connectivity index (χ3n) is 5.27. The van der Waals surface area contributed by atoms with Crippen molar-refractivity contribution in [2.45, 2.75) is 25.6 Å². The van der Waals surface area contributed by atoms with Crippen LogP contribution in [0.3, 0.4) is 0 Å². The van der Waals surface area contributed by atoms with Gasteiger partial charge in [-0.25, -0.2) is 4.39 Å². The lowest BCUT2D eigenvalue weighted by Crippen LogP contribution is -2.52. The quantitative estimate of drug-likeness (QED) is 0.338. The van der Waals surface area contributed by atoms with Crippen LogP contribution in [0, 0.1) is 5.82 Å². The number of carbonyl (C=O) groups excluding carboxylic acids is 1. The van der Waals surface area contributed by atoms with Crippen molar-refractivity contribution in [2.24, 2.45) is 4.99 Å². The molecule has 2 aromatic rings. The van der Waals surface area contributed by atoms with Crippen LogP contribution >= 0.6 is 24.0 Å². The van der Waals surface area contributed by atoms with E-state index in [1.807, 2.05) is 25.1 Å². The summed E-state index contributed by atoms with van der Waals surface area (Å²) in [6.07, 6.45) is 2.24. The summed E-state index contributed by atoms with van der Waals surface area (Å²) < 4.78 is 19.3. The fraction of sp³-hybridized carbons (Fsp3) is 0.435. The number of nitrogens with one attached hydrogen (secondary N) is 1. The van der Waals surface area contributed by atoms with E-state index in [0.29, 0.717) is 32.0 Å². The van der Waals surface area contributed by atoms with Gasteiger partial charge in [0.25, 0.3) is 0 Å². The minimum Gasteiger partial charge on any atom is -0.367 e. The maximum absolute atomic E-state index is 13.3. The van der Waals surface area contributed by atoms with Crippen LogP contribution in [0.25, 0.3) is 0 Å². The molecule has 174 valence electrons. The van der Waals surface area contributed by atoms with Crippen LogP contribution in [-0.2, 0) is 16.0 Å². The zero-order valence-corrected chi connectivity index (χ0v) is 21.0. The van der Waals surface area contributed by atoms with Gasteiger partial charge in [0.05, 0.1) is 19.2 Å². The molecule has 2 heterocycles. The summed E-state index contributed by atoms with van der Waals surface area (Å²) in [5.74, 6) is 0.356. The Morgan fingerprint density at radius 2 is 2.03 bits per heavy atom. The fourth-order valence-electron chi connectivity index (χ4n) is 3.56. The number of amides is 1. The lowest BCUT2D eigenvalue weighted by atomic mass is 10.1. The number of pyridine rings is 1. The van der Waals surface area contributed by atoms with Crippen LogP contribution in [0.4, 0.5) is 4.39 Å². The number of likely N-dealkylation sites (N-methyl/N-ethyl adjacent to an activating group) is 1. The molecule has 0 aliphatic carbocycles. The van der Waals surface area contributed by atoms with E-state index in [2.05, 4.69) is 20.2 Å². The van der Waals surface area contributed by atoms with Crippen LogP contribution in [0.5, 0.6) is 0 Å². The summed E-state index contributed by atoms with van der Waals surface area (Å²) in [5.41, 5.74) is 1.87. The number of rotatable bonds is 6. The van der Waals surface area contributed by atoms with Gasteiger partial charge in [0, 0.05) is 45.5 Å². The Bertz CT molecular complexity index is 882. The topological polar surface area (TPSA) is 70.1 Å². The maximum Gasteiger partial charge on any atom is 0.241 e. The van der Waals surface area contributed by atoms with E-state index in [1.54, 1.807) is 37.3 Å². The van der Waals surface area contributed by atoms with E-state index in [4.69, 9.17) is 4.74 Å². The highest BCUT2D eigenvalue weighted by molar-refractivity contribution is 14.0. The second kappa shape index (κ2) is 12.7. The molecule has 7 nitrogen and oxygen atoms in total. The number of ether oxygens (including phenoxy) is 1. The third-order valence-corrected chi connectivity index (χ3v) is 5.27. The number of benzene rings is 1. The number of carbonyl (C=O) groups is 1. The van der Waals surface area contributed by atoms with Crippen molar-refractivity contribution in [3.63, 3.8) is 0 Å². The number of hydrogen-bond donors (Lipinski definition) is 1. The molecule has 0 saturated carbocycles. The standard InChI is InChI=1S/C23H30FN5O2.HI/c1-17-15-29(16-21(31-17)18-7-9-19(24)10-8-18)23(25-2)27-14-22(30)28(3)13-11-20-6-4-5-12-26-20;/h4-10,12,17,21H,11,13-16H2,1-3H3,(H,25,27);1H. The lowest BCUT2D eigenvalue weighted by Gasteiger charge is -2.38. The Labute approximate surface area is 206 Å².